The van der Waals surface area contributed by atoms with Crippen molar-refractivity contribution in [1.82, 2.24) is 9.55 Å². The van der Waals surface area contributed by atoms with Crippen molar-refractivity contribution in [2.75, 3.05) is 0 Å². The lowest BCUT2D eigenvalue weighted by atomic mass is 10.2. The molecule has 0 saturated heterocycles. The minimum Gasteiger partial charge on any atom is -0.321 e. The molecule has 0 aliphatic rings. The van der Waals surface area contributed by atoms with E-state index in [-0.39, 0.29) is 6.04 Å². The van der Waals surface area contributed by atoms with Crippen LogP contribution in [0.15, 0.2) is 12.4 Å². The maximum absolute atomic E-state index is 5.88. The molecule has 0 spiro atoms. The first-order chi connectivity index (χ1) is 5.79. The van der Waals surface area contributed by atoms with Crippen LogP contribution in [0.3, 0.4) is 0 Å². The molecule has 0 aliphatic carbocycles. The lowest BCUT2D eigenvalue weighted by Gasteiger charge is -2.09. The van der Waals surface area contributed by atoms with Crippen LogP contribution in [-0.2, 0) is 0 Å². The van der Waals surface area contributed by atoms with E-state index in [1.165, 1.54) is 0 Å². The van der Waals surface area contributed by atoms with Gasteiger partial charge in [-0.15, -0.1) is 0 Å². The zero-order valence-electron chi connectivity index (χ0n) is 7.10. The highest BCUT2D eigenvalue weighted by Gasteiger charge is 2.09. The quantitative estimate of drug-likeness (QED) is 0.719. The number of nitrogens with zero attached hydrogens (tertiary/aromatic N) is 2. The van der Waals surface area contributed by atoms with Crippen molar-refractivity contribution >= 4 is 17.7 Å². The highest BCUT2D eigenvalue weighted by atomic mass is 32.1. The molecule has 4 heteroatoms. The lowest BCUT2D eigenvalue weighted by molar-refractivity contribution is 0.600. The van der Waals surface area contributed by atoms with Gasteiger partial charge in [0, 0.05) is 12.4 Å². The zero-order valence-corrected chi connectivity index (χ0v) is 7.92. The van der Waals surface area contributed by atoms with E-state index < -0.39 is 0 Å². The Morgan fingerprint density at radius 3 is 3.17 bits per heavy atom. The van der Waals surface area contributed by atoms with Crippen LogP contribution in [0.2, 0.25) is 0 Å². The van der Waals surface area contributed by atoms with Crippen molar-refractivity contribution in [2.45, 2.75) is 25.8 Å². The van der Waals surface area contributed by atoms with Crippen LogP contribution in [0, 0.1) is 0 Å². The number of aromatic nitrogens is 2. The van der Waals surface area contributed by atoms with Crippen molar-refractivity contribution < 1.29 is 0 Å². The Hall–Kier alpha value is -0.740. The average molecular weight is 183 g/mol. The molecule has 1 rings (SSSR count). The smallest absolute Gasteiger partial charge is 0.130 e. The highest BCUT2D eigenvalue weighted by molar-refractivity contribution is 7.78. The van der Waals surface area contributed by atoms with Crippen LogP contribution in [0.25, 0.3) is 0 Å². The first-order valence-electron chi connectivity index (χ1n) is 4.03. The molecule has 0 saturated carbocycles. The second-order valence-corrected chi connectivity index (χ2v) is 2.90. The van der Waals surface area contributed by atoms with E-state index in [0.717, 1.165) is 18.7 Å². The Bertz CT molecular complexity index is 257. The van der Waals surface area contributed by atoms with Gasteiger partial charge in [-0.05, 0) is 6.42 Å². The van der Waals surface area contributed by atoms with Gasteiger partial charge in [0.15, 0.2) is 0 Å². The number of hydrogen-bond donors (Lipinski definition) is 1. The van der Waals surface area contributed by atoms with Gasteiger partial charge in [0.1, 0.15) is 5.82 Å². The molecule has 3 nitrogen and oxygen atoms in total. The van der Waals surface area contributed by atoms with E-state index in [4.69, 9.17) is 18.0 Å². The van der Waals surface area contributed by atoms with E-state index in [1.807, 2.05) is 6.20 Å². The minimum absolute atomic E-state index is 0.00389. The molecule has 0 amide bonds. The maximum Gasteiger partial charge on any atom is 0.130 e. The van der Waals surface area contributed by atoms with Gasteiger partial charge in [0.2, 0.25) is 0 Å². The van der Waals surface area contributed by atoms with Gasteiger partial charge in [-0.25, -0.2) is 4.98 Å². The predicted molar refractivity (Wildman–Crippen MR) is 53.1 cm³/mol. The second-order valence-electron chi connectivity index (χ2n) is 2.69. The summed E-state index contributed by atoms with van der Waals surface area (Å²) in [5.41, 5.74) is 7.43. The number of nitrogens with two attached hydrogens (primary N) is 1. The van der Waals surface area contributed by atoms with E-state index in [9.17, 15) is 0 Å². The molecule has 1 aromatic rings. The fourth-order valence-corrected chi connectivity index (χ4v) is 1.32. The molecule has 0 bridgehead atoms. The van der Waals surface area contributed by atoms with Gasteiger partial charge in [-0.2, -0.15) is 0 Å². The number of rotatable bonds is 4. The highest BCUT2D eigenvalue weighted by Crippen LogP contribution is 2.12. The van der Waals surface area contributed by atoms with Gasteiger partial charge in [0.25, 0.3) is 0 Å². The summed E-state index contributed by atoms with van der Waals surface area (Å²) in [5, 5.41) is 0. The van der Waals surface area contributed by atoms with Crippen molar-refractivity contribution in [3.8, 4) is 0 Å². The monoisotopic (exact) mass is 183 g/mol. The van der Waals surface area contributed by atoms with E-state index in [1.54, 1.807) is 16.3 Å². The topological polar surface area (TPSA) is 43.8 Å². The summed E-state index contributed by atoms with van der Waals surface area (Å²) in [4.78, 5) is 4.15. The Morgan fingerprint density at radius 2 is 2.58 bits per heavy atom. The molecule has 0 radical (unpaired) electrons. The fraction of sp³-hybridized carbons (Fsp3) is 0.500. The predicted octanol–water partition coefficient (Wildman–Crippen LogP) is 1.49. The lowest BCUT2D eigenvalue weighted by Crippen LogP contribution is -2.15. The minimum atomic E-state index is 0.00389. The zero-order chi connectivity index (χ0) is 8.97. The summed E-state index contributed by atoms with van der Waals surface area (Å²) in [7, 11) is 0. The Balaban J connectivity index is 2.78. The van der Waals surface area contributed by atoms with Crippen LogP contribution >= 0.6 is 12.2 Å². The van der Waals surface area contributed by atoms with Crippen molar-refractivity contribution in [3.63, 3.8) is 0 Å². The molecule has 0 aromatic carbocycles. The number of thiocarbonyl (C=S) groups is 1. The summed E-state index contributed by atoms with van der Waals surface area (Å²) < 4.78 is 1.79. The summed E-state index contributed by atoms with van der Waals surface area (Å²) in [6.07, 6.45) is 5.54. The van der Waals surface area contributed by atoms with Crippen LogP contribution in [0.1, 0.15) is 31.6 Å². The molecule has 66 valence electrons. The normalized spacial score (nSPS) is 12.8. The number of hydrogen-bond acceptors (Lipinski definition) is 3. The van der Waals surface area contributed by atoms with Crippen molar-refractivity contribution in [2.24, 2.45) is 5.73 Å². The molecule has 2 N–H and O–H groups in total. The second kappa shape index (κ2) is 4.33. The van der Waals surface area contributed by atoms with Crippen molar-refractivity contribution in [3.05, 3.63) is 18.2 Å². The first-order valence-corrected chi connectivity index (χ1v) is 4.50. The molecule has 1 unspecified atom stereocenters. The standard InChI is InChI=1S/C8H13N3S/c1-2-3-7(9)8-10-4-5-11(8)6-12/h4-7H,2-3,9H2,1H3. The maximum atomic E-state index is 5.88. The molecule has 1 aromatic heterocycles. The Kier molecular flexibility index (Phi) is 3.37. The molecule has 0 fully saturated rings. The Morgan fingerprint density at radius 1 is 1.83 bits per heavy atom. The Labute approximate surface area is 77.6 Å². The molecular formula is C8H13N3S. The summed E-state index contributed by atoms with van der Waals surface area (Å²) in [6.45, 7) is 2.10. The summed E-state index contributed by atoms with van der Waals surface area (Å²) >= 11 is 4.81. The van der Waals surface area contributed by atoms with Crippen LogP contribution in [-0.4, -0.2) is 15.0 Å². The first kappa shape index (κ1) is 9.35. The van der Waals surface area contributed by atoms with Crippen LogP contribution in [0.4, 0.5) is 0 Å². The third-order valence-electron chi connectivity index (χ3n) is 1.74. The van der Waals surface area contributed by atoms with Gasteiger partial charge in [0.05, 0.1) is 11.5 Å². The molecular weight excluding hydrogens is 170 g/mol. The molecule has 1 heterocycles. The van der Waals surface area contributed by atoms with Gasteiger partial charge in [-0.1, -0.05) is 25.6 Å². The van der Waals surface area contributed by atoms with Gasteiger partial charge < -0.3 is 5.73 Å². The van der Waals surface area contributed by atoms with Crippen LogP contribution in [0.5, 0.6) is 0 Å². The summed E-state index contributed by atoms with van der Waals surface area (Å²) in [5.74, 6) is 0.854. The third kappa shape index (κ3) is 1.89. The summed E-state index contributed by atoms with van der Waals surface area (Å²) in [6, 6.07) is 0.00389. The molecule has 12 heavy (non-hydrogen) atoms. The largest absolute Gasteiger partial charge is 0.321 e. The fourth-order valence-electron chi connectivity index (χ4n) is 1.14. The van der Waals surface area contributed by atoms with E-state index in [2.05, 4.69) is 11.9 Å². The van der Waals surface area contributed by atoms with Gasteiger partial charge >= 0.3 is 0 Å². The molecule has 1 atom stereocenters. The number of imidazole rings is 1. The van der Waals surface area contributed by atoms with Crippen molar-refractivity contribution in [1.29, 1.82) is 0 Å². The third-order valence-corrected chi connectivity index (χ3v) is 1.97. The SMILES string of the molecule is CCCC(N)c1nccn1C=S. The van der Waals surface area contributed by atoms with Gasteiger partial charge in [-0.3, -0.25) is 4.57 Å². The van der Waals surface area contributed by atoms with Crippen LogP contribution < -0.4 is 5.73 Å². The van der Waals surface area contributed by atoms with E-state index in [0.29, 0.717) is 0 Å². The average Bonchev–Trinajstić information content (AvgIpc) is 2.51. The van der Waals surface area contributed by atoms with E-state index >= 15 is 0 Å². The molecule has 0 aliphatic heterocycles.